The summed E-state index contributed by atoms with van der Waals surface area (Å²) in [5.41, 5.74) is 3.24. The molecule has 0 aliphatic heterocycles. The molecule has 0 aliphatic carbocycles. The average molecular weight is 278 g/mol. The Hall–Kier alpha value is -1.27. The zero-order chi connectivity index (χ0) is 14.9. The zero-order valence-corrected chi connectivity index (χ0v) is 12.9. The van der Waals surface area contributed by atoms with Crippen molar-refractivity contribution in [2.24, 2.45) is 0 Å². The molecule has 0 spiro atoms. The standard InChI is InChI=1S/C18H30O2/c1-2-3-4-5-6-7-8-9-10-11-12-13-14-15-16-17-18(19)20/h3-4,8,10H,2,5-7,11-17H2,1H3,(H,19,20). The lowest BCUT2D eigenvalue weighted by molar-refractivity contribution is -0.137. The first-order valence-corrected chi connectivity index (χ1v) is 8.03. The second-order valence-corrected chi connectivity index (χ2v) is 5.09. The number of allylic oxidation sites excluding steroid dienone is 3. The molecule has 0 aromatic heterocycles. The third-order valence-electron chi connectivity index (χ3n) is 3.10. The predicted molar refractivity (Wildman–Crippen MR) is 85.9 cm³/mol. The molecule has 0 bridgehead atoms. The van der Waals surface area contributed by atoms with Crippen molar-refractivity contribution >= 4 is 5.97 Å². The van der Waals surface area contributed by atoms with Crippen molar-refractivity contribution < 1.29 is 9.90 Å². The Balaban J connectivity index is 3.26. The van der Waals surface area contributed by atoms with Gasteiger partial charge in [0.25, 0.3) is 0 Å². The van der Waals surface area contributed by atoms with Crippen LogP contribution in [-0.2, 0) is 4.79 Å². The molecule has 0 unspecified atom stereocenters. The molecule has 0 heterocycles. The Kier molecular flexibility index (Phi) is 14.8. The van der Waals surface area contributed by atoms with E-state index >= 15 is 0 Å². The summed E-state index contributed by atoms with van der Waals surface area (Å²) in [6.45, 7) is 2.16. The maximum atomic E-state index is 10.3. The van der Waals surface area contributed by atoms with Crippen LogP contribution in [0.5, 0.6) is 0 Å². The third kappa shape index (κ3) is 16.7. The van der Waals surface area contributed by atoms with Gasteiger partial charge in [-0.3, -0.25) is 4.79 Å². The first-order valence-electron chi connectivity index (χ1n) is 8.03. The number of hydrogen-bond donors (Lipinski definition) is 1. The highest BCUT2D eigenvalue weighted by Gasteiger charge is 1.95. The third-order valence-corrected chi connectivity index (χ3v) is 3.10. The number of aliphatic carboxylic acids is 1. The lowest BCUT2D eigenvalue weighted by Gasteiger charge is -1.97. The molecule has 0 aromatic rings. The Labute approximate surface area is 124 Å². The summed E-state index contributed by atoms with van der Waals surface area (Å²) in [6.07, 6.45) is 20.1. The van der Waals surface area contributed by atoms with Crippen LogP contribution in [0.3, 0.4) is 0 Å². The van der Waals surface area contributed by atoms with Crippen molar-refractivity contribution in [1.82, 2.24) is 0 Å². The molecule has 0 saturated carbocycles. The molecule has 0 atom stereocenters. The van der Waals surface area contributed by atoms with E-state index in [1.54, 1.807) is 0 Å². The molecule has 20 heavy (non-hydrogen) atoms. The molecule has 0 fully saturated rings. The van der Waals surface area contributed by atoms with Crippen molar-refractivity contribution in [2.75, 3.05) is 0 Å². The van der Waals surface area contributed by atoms with Crippen LogP contribution in [0.25, 0.3) is 0 Å². The quantitative estimate of drug-likeness (QED) is 0.268. The van der Waals surface area contributed by atoms with Gasteiger partial charge in [0, 0.05) is 6.42 Å². The van der Waals surface area contributed by atoms with Crippen LogP contribution < -0.4 is 0 Å². The number of rotatable bonds is 13. The molecule has 0 saturated heterocycles. The van der Waals surface area contributed by atoms with E-state index in [-0.39, 0.29) is 0 Å². The minimum Gasteiger partial charge on any atom is -0.481 e. The molecular weight excluding hydrogens is 248 g/mol. The van der Waals surface area contributed by atoms with Crippen LogP contribution in [0.1, 0.15) is 77.6 Å². The van der Waals surface area contributed by atoms with Crippen LogP contribution in [-0.4, -0.2) is 11.1 Å². The molecule has 0 radical (unpaired) electrons. The minimum atomic E-state index is -0.678. The van der Waals surface area contributed by atoms with Crippen molar-refractivity contribution in [3.05, 3.63) is 30.0 Å². The highest BCUT2D eigenvalue weighted by Crippen LogP contribution is 2.07. The molecule has 1 N–H and O–H groups in total. The van der Waals surface area contributed by atoms with Crippen molar-refractivity contribution in [3.8, 4) is 0 Å². The van der Waals surface area contributed by atoms with Crippen LogP contribution in [0.2, 0.25) is 0 Å². The van der Waals surface area contributed by atoms with Gasteiger partial charge < -0.3 is 5.11 Å². The van der Waals surface area contributed by atoms with Gasteiger partial charge in [0.05, 0.1) is 0 Å². The van der Waals surface area contributed by atoms with Gasteiger partial charge in [-0.25, -0.2) is 0 Å². The van der Waals surface area contributed by atoms with Crippen molar-refractivity contribution in [1.29, 1.82) is 0 Å². The predicted octanol–water partition coefficient (Wildman–Crippen LogP) is 5.65. The summed E-state index contributed by atoms with van der Waals surface area (Å²) in [7, 11) is 0. The second kappa shape index (κ2) is 15.8. The van der Waals surface area contributed by atoms with Crippen molar-refractivity contribution in [3.63, 3.8) is 0 Å². The highest BCUT2D eigenvalue weighted by molar-refractivity contribution is 5.66. The fourth-order valence-corrected chi connectivity index (χ4v) is 1.93. The molecule has 0 rings (SSSR count). The SMILES string of the molecule is CCC=CCCCC=C=CCCCCCCCC(=O)O. The molecule has 0 amide bonds. The highest BCUT2D eigenvalue weighted by atomic mass is 16.4. The van der Waals surface area contributed by atoms with E-state index in [9.17, 15) is 4.79 Å². The maximum Gasteiger partial charge on any atom is 0.303 e. The maximum absolute atomic E-state index is 10.3. The van der Waals surface area contributed by atoms with E-state index in [0.29, 0.717) is 6.42 Å². The monoisotopic (exact) mass is 278 g/mol. The van der Waals surface area contributed by atoms with Gasteiger partial charge in [-0.05, 0) is 57.1 Å². The summed E-state index contributed by atoms with van der Waals surface area (Å²) < 4.78 is 0. The Bertz CT molecular complexity index is 309. The van der Waals surface area contributed by atoms with Gasteiger partial charge in [0.2, 0.25) is 0 Å². The fourth-order valence-electron chi connectivity index (χ4n) is 1.93. The number of carbonyl (C=O) groups is 1. The zero-order valence-electron chi connectivity index (χ0n) is 12.9. The number of hydrogen-bond acceptors (Lipinski definition) is 1. The molecule has 0 aliphatic rings. The Morgan fingerprint density at radius 1 is 0.900 bits per heavy atom. The fraction of sp³-hybridized carbons (Fsp3) is 0.667. The Morgan fingerprint density at radius 2 is 1.55 bits per heavy atom. The van der Waals surface area contributed by atoms with Gasteiger partial charge in [-0.1, -0.05) is 38.3 Å². The first kappa shape index (κ1) is 18.7. The van der Waals surface area contributed by atoms with Gasteiger partial charge in [-0.2, -0.15) is 0 Å². The normalized spacial score (nSPS) is 10.4. The Morgan fingerprint density at radius 3 is 2.25 bits per heavy atom. The molecule has 2 nitrogen and oxygen atoms in total. The lowest BCUT2D eigenvalue weighted by Crippen LogP contribution is -1.93. The van der Waals surface area contributed by atoms with E-state index in [1.807, 2.05) is 0 Å². The topological polar surface area (TPSA) is 37.3 Å². The summed E-state index contributed by atoms with van der Waals surface area (Å²) in [5.74, 6) is -0.678. The number of carboxylic acids is 1. The van der Waals surface area contributed by atoms with E-state index in [1.165, 1.54) is 25.7 Å². The second-order valence-electron chi connectivity index (χ2n) is 5.09. The summed E-state index contributed by atoms with van der Waals surface area (Å²) in [5, 5.41) is 8.50. The molecule has 2 heteroatoms. The lowest BCUT2D eigenvalue weighted by atomic mass is 10.1. The van der Waals surface area contributed by atoms with E-state index in [4.69, 9.17) is 5.11 Å². The number of unbranched alkanes of at least 4 members (excludes halogenated alkanes) is 7. The summed E-state index contributed by atoms with van der Waals surface area (Å²) in [4.78, 5) is 10.3. The van der Waals surface area contributed by atoms with Crippen LogP contribution in [0, 0.1) is 0 Å². The van der Waals surface area contributed by atoms with E-state index in [2.05, 4.69) is 37.0 Å². The summed E-state index contributed by atoms with van der Waals surface area (Å²) >= 11 is 0. The number of carboxylic acid groups (broad SMARTS) is 1. The molecular formula is C18H30O2. The van der Waals surface area contributed by atoms with Gasteiger partial charge in [0.1, 0.15) is 0 Å². The molecule has 0 aromatic carbocycles. The van der Waals surface area contributed by atoms with E-state index in [0.717, 1.165) is 38.5 Å². The van der Waals surface area contributed by atoms with Crippen molar-refractivity contribution in [2.45, 2.75) is 77.6 Å². The average Bonchev–Trinajstić information content (AvgIpc) is 2.43. The van der Waals surface area contributed by atoms with Gasteiger partial charge in [0.15, 0.2) is 0 Å². The van der Waals surface area contributed by atoms with Crippen LogP contribution in [0.15, 0.2) is 30.0 Å². The van der Waals surface area contributed by atoms with Crippen LogP contribution >= 0.6 is 0 Å². The van der Waals surface area contributed by atoms with Crippen LogP contribution in [0.4, 0.5) is 0 Å². The first-order chi connectivity index (χ1) is 9.77. The van der Waals surface area contributed by atoms with Gasteiger partial charge >= 0.3 is 5.97 Å². The minimum absolute atomic E-state index is 0.316. The van der Waals surface area contributed by atoms with E-state index < -0.39 is 5.97 Å². The largest absolute Gasteiger partial charge is 0.481 e. The smallest absolute Gasteiger partial charge is 0.303 e. The van der Waals surface area contributed by atoms with Gasteiger partial charge in [-0.15, -0.1) is 5.73 Å². The molecule has 114 valence electrons. The summed E-state index contributed by atoms with van der Waals surface area (Å²) in [6, 6.07) is 0.